The molecule has 0 bridgehead atoms. The van der Waals surface area contributed by atoms with Crippen LogP contribution in [0, 0.1) is 0 Å². The molecule has 0 amide bonds. The minimum atomic E-state index is -0.317. The van der Waals surface area contributed by atoms with E-state index in [2.05, 4.69) is 326 Å². The van der Waals surface area contributed by atoms with Crippen molar-refractivity contribution in [2.24, 2.45) is 0 Å². The summed E-state index contributed by atoms with van der Waals surface area (Å²) in [5.41, 5.74) is 21.8. The van der Waals surface area contributed by atoms with E-state index in [0.29, 0.717) is 0 Å². The van der Waals surface area contributed by atoms with Crippen molar-refractivity contribution in [1.82, 2.24) is 0 Å². The highest BCUT2D eigenvalue weighted by atomic mass is 16.3. The van der Waals surface area contributed by atoms with Crippen LogP contribution in [0.4, 0.5) is 51.2 Å². The molecule has 0 aliphatic carbocycles. The highest BCUT2D eigenvalue weighted by Crippen LogP contribution is 2.52. The molecule has 1 aromatic heterocycles. The summed E-state index contributed by atoms with van der Waals surface area (Å²) in [6.07, 6.45) is 0. The highest BCUT2D eigenvalue weighted by molar-refractivity contribution is 7.00. The monoisotopic (exact) mass is 1040 g/mol. The minimum Gasteiger partial charge on any atom is -0.468 e. The number of furan rings is 1. The number of nitrogens with zero attached hydrogens (tertiary/aromatic N) is 3. The third-order valence-corrected chi connectivity index (χ3v) is 17.7. The molecule has 0 saturated heterocycles. The highest BCUT2D eigenvalue weighted by Gasteiger charge is 2.48. The van der Waals surface area contributed by atoms with Gasteiger partial charge in [-0.05, 0) is 134 Å². The van der Waals surface area contributed by atoms with E-state index in [9.17, 15) is 0 Å². The molecule has 0 saturated carbocycles. The summed E-state index contributed by atoms with van der Waals surface area (Å²) in [5, 5.41) is 1.10. The number of anilines is 9. The SMILES string of the molecule is CC(C)(C)c1ccc2oc3c(c2c1)N(c1ccc(C(C)(C)c2ccccc2)cc1)c1cc(N(c2ccccc2)c2ccccc2)cc2c1B3c1ccc(C(C)(C)c3ccccc3)cc1N2c1cccc(C(C)(C)c2ccccc2)c1. The maximum atomic E-state index is 7.52. The zero-order valence-electron chi connectivity index (χ0n) is 47.5. The second-order valence-electron chi connectivity index (χ2n) is 24.6. The molecule has 2 aliphatic heterocycles. The quantitative estimate of drug-likeness (QED) is 0.120. The van der Waals surface area contributed by atoms with Crippen LogP contribution in [0.5, 0.6) is 0 Å². The van der Waals surface area contributed by atoms with E-state index in [1.165, 1.54) is 49.9 Å². The Hall–Kier alpha value is -8.80. The van der Waals surface area contributed by atoms with Crippen molar-refractivity contribution in [2.75, 3.05) is 14.7 Å². The average Bonchev–Trinajstić information content (AvgIpc) is 3.00. The smallest absolute Gasteiger partial charge is 0.297 e. The zero-order chi connectivity index (χ0) is 55.1. The van der Waals surface area contributed by atoms with E-state index in [1.807, 2.05) is 0 Å². The Kier molecular flexibility index (Phi) is 12.2. The van der Waals surface area contributed by atoms with Crippen molar-refractivity contribution in [1.29, 1.82) is 0 Å². The number of rotatable bonds is 11. The van der Waals surface area contributed by atoms with Crippen LogP contribution in [0.3, 0.4) is 0 Å². The second kappa shape index (κ2) is 19.2. The van der Waals surface area contributed by atoms with Crippen molar-refractivity contribution in [3.63, 3.8) is 0 Å². The van der Waals surface area contributed by atoms with Gasteiger partial charge < -0.3 is 19.1 Å². The van der Waals surface area contributed by atoms with Crippen LogP contribution in [-0.2, 0) is 21.7 Å². The van der Waals surface area contributed by atoms with Crippen molar-refractivity contribution >= 4 is 85.5 Å². The lowest BCUT2D eigenvalue weighted by atomic mass is 9.35. The van der Waals surface area contributed by atoms with Gasteiger partial charge in [0.2, 0.25) is 0 Å². The number of hydrogen-bond donors (Lipinski definition) is 0. The average molecular weight is 1040 g/mol. The Morgan fingerprint density at radius 2 is 0.800 bits per heavy atom. The first kappa shape index (κ1) is 50.7. The van der Waals surface area contributed by atoms with Gasteiger partial charge in [-0.1, -0.05) is 232 Å². The van der Waals surface area contributed by atoms with Crippen LogP contribution in [0.1, 0.15) is 101 Å². The minimum absolute atomic E-state index is 0.101. The predicted octanol–water partition coefficient (Wildman–Crippen LogP) is 18.3. The van der Waals surface area contributed by atoms with Gasteiger partial charge in [0, 0.05) is 61.4 Å². The summed E-state index contributed by atoms with van der Waals surface area (Å²) in [5.74, 6) is 0. The van der Waals surface area contributed by atoms with E-state index in [-0.39, 0.29) is 28.4 Å². The molecule has 0 atom stereocenters. The normalized spacial score (nSPS) is 13.2. The van der Waals surface area contributed by atoms with Gasteiger partial charge in [-0.25, -0.2) is 0 Å². The van der Waals surface area contributed by atoms with Gasteiger partial charge in [0.15, 0.2) is 0 Å². The fourth-order valence-corrected chi connectivity index (χ4v) is 12.7. The predicted molar refractivity (Wildman–Crippen MR) is 339 cm³/mol. The lowest BCUT2D eigenvalue weighted by Crippen LogP contribution is -2.61. The van der Waals surface area contributed by atoms with Crippen LogP contribution in [-0.4, -0.2) is 6.71 Å². The number of fused-ring (bicyclic) bond motifs is 6. The van der Waals surface area contributed by atoms with Gasteiger partial charge in [-0.15, -0.1) is 0 Å². The molecule has 80 heavy (non-hydrogen) atoms. The van der Waals surface area contributed by atoms with Crippen molar-refractivity contribution in [3.8, 4) is 0 Å². The summed E-state index contributed by atoms with van der Waals surface area (Å²) < 4.78 is 7.52. The lowest BCUT2D eigenvalue weighted by Gasteiger charge is -2.44. The van der Waals surface area contributed by atoms with E-state index < -0.39 is 0 Å². The molecule has 392 valence electrons. The van der Waals surface area contributed by atoms with Crippen LogP contribution in [0.15, 0.2) is 253 Å². The summed E-state index contributed by atoms with van der Waals surface area (Å²) >= 11 is 0. The molecule has 0 radical (unpaired) electrons. The Morgan fingerprint density at radius 1 is 0.350 bits per heavy atom. The molecule has 0 fully saturated rings. The van der Waals surface area contributed by atoms with Crippen molar-refractivity contribution in [3.05, 3.63) is 288 Å². The number of benzene rings is 10. The third-order valence-electron chi connectivity index (χ3n) is 17.7. The molecule has 10 aromatic carbocycles. The fraction of sp³-hybridized carbons (Fsp3) is 0.173. The molecular formula is C75H68BN3O. The largest absolute Gasteiger partial charge is 0.468 e. The second-order valence-corrected chi connectivity index (χ2v) is 24.6. The third kappa shape index (κ3) is 8.45. The first-order valence-electron chi connectivity index (χ1n) is 28.4. The lowest BCUT2D eigenvalue weighted by molar-refractivity contribution is 0.590. The summed E-state index contributed by atoms with van der Waals surface area (Å²) in [6, 6.07) is 92.1. The topological polar surface area (TPSA) is 22.9 Å². The van der Waals surface area contributed by atoms with Crippen LogP contribution in [0.25, 0.3) is 11.0 Å². The fourth-order valence-electron chi connectivity index (χ4n) is 12.7. The number of para-hydroxylation sites is 2. The van der Waals surface area contributed by atoms with Gasteiger partial charge in [0.05, 0.1) is 17.0 Å². The van der Waals surface area contributed by atoms with E-state index in [0.717, 1.165) is 67.8 Å². The standard InChI is InChI=1S/C75H68BN3O/c1-72(2,3)55-41-45-68-63(47-55)70-71(80-68)76-64-44-40-57(75(8,9)53-30-19-12-20-31-53)48-65(64)78(61-37-25-32-56(46-61)74(6,7)52-28-17-11-18-29-52)66-49-62(77(58-33-21-13-22-34-58)59-35-23-14-24-36-59)50-67(69(66)76)79(70)60-42-38-54(39-43-60)73(4,5)51-26-15-10-16-27-51/h10-50H,1-9H3. The molecule has 2 aliphatic rings. The van der Waals surface area contributed by atoms with E-state index >= 15 is 0 Å². The van der Waals surface area contributed by atoms with Crippen LogP contribution < -0.4 is 31.3 Å². The molecule has 4 nitrogen and oxygen atoms in total. The van der Waals surface area contributed by atoms with Gasteiger partial charge in [0.25, 0.3) is 6.71 Å². The zero-order valence-corrected chi connectivity index (χ0v) is 47.5. The Bertz CT molecular complexity index is 4030. The summed E-state index contributed by atoms with van der Waals surface area (Å²) in [6.45, 7) is 20.7. The molecule has 0 N–H and O–H groups in total. The molecular weight excluding hydrogens is 970 g/mol. The first-order chi connectivity index (χ1) is 38.6. The molecule has 5 heteroatoms. The molecule has 3 heterocycles. The number of hydrogen-bond acceptors (Lipinski definition) is 4. The molecule has 0 unspecified atom stereocenters. The Balaban J connectivity index is 1.15. The molecule has 11 aromatic rings. The van der Waals surface area contributed by atoms with E-state index in [1.54, 1.807) is 0 Å². The van der Waals surface area contributed by atoms with Gasteiger partial charge in [-0.3, -0.25) is 0 Å². The first-order valence-corrected chi connectivity index (χ1v) is 28.4. The summed E-state index contributed by atoms with van der Waals surface area (Å²) in [7, 11) is 0. The van der Waals surface area contributed by atoms with Crippen molar-refractivity contribution in [2.45, 2.75) is 84.0 Å². The molecule has 0 spiro atoms. The van der Waals surface area contributed by atoms with Crippen LogP contribution >= 0.6 is 0 Å². The molecule has 13 rings (SSSR count). The van der Waals surface area contributed by atoms with E-state index in [4.69, 9.17) is 4.42 Å². The maximum absolute atomic E-state index is 7.52. The van der Waals surface area contributed by atoms with Gasteiger partial charge >= 0.3 is 0 Å². The van der Waals surface area contributed by atoms with Gasteiger partial charge in [0.1, 0.15) is 5.58 Å². The Labute approximate surface area is 473 Å². The van der Waals surface area contributed by atoms with Crippen molar-refractivity contribution < 1.29 is 4.42 Å². The summed E-state index contributed by atoms with van der Waals surface area (Å²) in [4.78, 5) is 7.53. The Morgan fingerprint density at radius 3 is 1.34 bits per heavy atom. The van der Waals surface area contributed by atoms with Gasteiger partial charge in [-0.2, -0.15) is 0 Å². The van der Waals surface area contributed by atoms with Crippen LogP contribution in [0.2, 0.25) is 0 Å². The maximum Gasteiger partial charge on any atom is 0.297 e.